The van der Waals surface area contributed by atoms with Crippen LogP contribution in [0, 0.1) is 29.1 Å². The van der Waals surface area contributed by atoms with Crippen LogP contribution < -0.4 is 15.6 Å². The highest BCUT2D eigenvalue weighted by Crippen LogP contribution is 2.34. The minimum Gasteiger partial charge on any atom is -0.494 e. The zero-order chi connectivity index (χ0) is 18.9. The van der Waals surface area contributed by atoms with Crippen molar-refractivity contribution < 1.29 is 31.5 Å². The number of hydrogen-bond acceptors (Lipinski definition) is 3. The molecule has 134 valence electrons. The molecule has 0 fully saturated rings. The Morgan fingerprint density at radius 3 is 1.80 bits per heavy atom. The summed E-state index contributed by atoms with van der Waals surface area (Å²) in [7, 11) is 1.29. The Morgan fingerprint density at radius 1 is 0.920 bits per heavy atom. The molecule has 2 rings (SSSR count). The Morgan fingerprint density at radius 2 is 1.36 bits per heavy atom. The SMILES string of the molecule is COc1c(Cl)cc(C(=O)NNc2c(F)c(F)c(F)c(F)c2F)cc1Cl. The standard InChI is InChI=1S/C14H7Cl2F5N2O2/c1-25-13-5(15)2-4(3-6(13)16)14(24)23-22-12-10(20)8(18)7(17)9(19)11(12)21/h2-3,22H,1H3,(H,23,24). The lowest BCUT2D eigenvalue weighted by Crippen LogP contribution is -2.31. The van der Waals surface area contributed by atoms with Crippen molar-refractivity contribution in [2.45, 2.75) is 0 Å². The van der Waals surface area contributed by atoms with E-state index in [4.69, 9.17) is 27.9 Å². The van der Waals surface area contributed by atoms with Crippen molar-refractivity contribution in [2.75, 3.05) is 12.5 Å². The number of carbonyl (C=O) groups is 1. The molecule has 0 unspecified atom stereocenters. The molecule has 0 aliphatic rings. The van der Waals surface area contributed by atoms with Crippen LogP contribution >= 0.6 is 23.2 Å². The second-order valence-electron chi connectivity index (χ2n) is 4.50. The van der Waals surface area contributed by atoms with Crippen molar-refractivity contribution in [2.24, 2.45) is 0 Å². The van der Waals surface area contributed by atoms with Crippen LogP contribution in [0.2, 0.25) is 10.0 Å². The van der Waals surface area contributed by atoms with Crippen molar-refractivity contribution in [3.63, 3.8) is 0 Å². The molecule has 2 aromatic carbocycles. The first-order valence-corrected chi connectivity index (χ1v) is 7.05. The monoisotopic (exact) mass is 400 g/mol. The minimum absolute atomic E-state index is 0.0311. The predicted molar refractivity (Wildman–Crippen MR) is 80.3 cm³/mol. The molecule has 0 saturated heterocycles. The molecule has 0 atom stereocenters. The van der Waals surface area contributed by atoms with Crippen molar-refractivity contribution in [3.8, 4) is 5.75 Å². The van der Waals surface area contributed by atoms with Gasteiger partial charge in [0.2, 0.25) is 5.82 Å². The Kier molecular flexibility index (Phi) is 5.58. The van der Waals surface area contributed by atoms with Gasteiger partial charge in [-0.05, 0) is 12.1 Å². The molecule has 0 radical (unpaired) electrons. The van der Waals surface area contributed by atoms with Crippen LogP contribution in [0.4, 0.5) is 27.6 Å². The summed E-state index contributed by atoms with van der Waals surface area (Å²) in [5.41, 5.74) is 1.84. The van der Waals surface area contributed by atoms with Gasteiger partial charge in [-0.25, -0.2) is 22.0 Å². The van der Waals surface area contributed by atoms with E-state index in [1.165, 1.54) is 7.11 Å². The number of halogens is 7. The number of anilines is 1. The average molecular weight is 401 g/mol. The molecule has 11 heteroatoms. The molecule has 0 bridgehead atoms. The van der Waals surface area contributed by atoms with Crippen LogP contribution in [-0.2, 0) is 0 Å². The fourth-order valence-corrected chi connectivity index (χ4v) is 2.43. The first-order chi connectivity index (χ1) is 11.7. The first-order valence-electron chi connectivity index (χ1n) is 6.29. The second-order valence-corrected chi connectivity index (χ2v) is 5.31. The molecule has 0 spiro atoms. The predicted octanol–water partition coefficient (Wildman–Crippen LogP) is 4.45. The van der Waals surface area contributed by atoms with E-state index in [0.717, 1.165) is 12.1 Å². The topological polar surface area (TPSA) is 50.4 Å². The molecule has 0 aliphatic carbocycles. The van der Waals surface area contributed by atoms with Crippen LogP contribution in [0.5, 0.6) is 5.75 Å². The van der Waals surface area contributed by atoms with Gasteiger partial charge in [-0.3, -0.25) is 15.6 Å². The van der Waals surface area contributed by atoms with Gasteiger partial charge in [0.25, 0.3) is 5.91 Å². The van der Waals surface area contributed by atoms with E-state index in [0.29, 0.717) is 0 Å². The van der Waals surface area contributed by atoms with Gasteiger partial charge in [-0.2, -0.15) is 0 Å². The number of methoxy groups -OCH3 is 1. The fraction of sp³-hybridized carbons (Fsp3) is 0.0714. The highest BCUT2D eigenvalue weighted by molar-refractivity contribution is 6.37. The molecule has 2 N–H and O–H groups in total. The number of carbonyl (C=O) groups excluding carboxylic acids is 1. The summed E-state index contributed by atoms with van der Waals surface area (Å²) in [6, 6.07) is 2.25. The molecule has 2 aromatic rings. The third-order valence-electron chi connectivity index (χ3n) is 2.98. The Bertz CT molecular complexity index is 812. The quantitative estimate of drug-likeness (QED) is 0.345. The summed E-state index contributed by atoms with van der Waals surface area (Å²) in [5.74, 6) is -11.8. The van der Waals surface area contributed by atoms with E-state index >= 15 is 0 Å². The maximum Gasteiger partial charge on any atom is 0.269 e. The van der Waals surface area contributed by atoms with Crippen molar-refractivity contribution in [1.82, 2.24) is 5.43 Å². The first kappa shape index (κ1) is 19.1. The summed E-state index contributed by atoms with van der Waals surface area (Å²) in [6.45, 7) is 0. The van der Waals surface area contributed by atoms with Crippen LogP contribution in [0.3, 0.4) is 0 Å². The number of amides is 1. The van der Waals surface area contributed by atoms with Crippen LogP contribution in [0.1, 0.15) is 10.4 Å². The van der Waals surface area contributed by atoms with Crippen molar-refractivity contribution in [1.29, 1.82) is 0 Å². The Balaban J connectivity index is 2.27. The number of nitrogens with one attached hydrogen (secondary N) is 2. The lowest BCUT2D eigenvalue weighted by atomic mass is 10.2. The molecular formula is C14H7Cl2F5N2O2. The van der Waals surface area contributed by atoms with E-state index in [-0.39, 0.29) is 21.4 Å². The molecule has 0 aliphatic heterocycles. The normalized spacial score (nSPS) is 10.6. The van der Waals surface area contributed by atoms with E-state index < -0.39 is 40.7 Å². The third-order valence-corrected chi connectivity index (χ3v) is 3.54. The number of rotatable bonds is 4. The van der Waals surface area contributed by atoms with Crippen molar-refractivity contribution >= 4 is 34.8 Å². The smallest absolute Gasteiger partial charge is 0.269 e. The fourth-order valence-electron chi connectivity index (χ4n) is 1.79. The van der Waals surface area contributed by atoms with E-state index in [1.807, 2.05) is 0 Å². The average Bonchev–Trinajstić information content (AvgIpc) is 2.57. The Hall–Kier alpha value is -2.26. The molecule has 25 heavy (non-hydrogen) atoms. The number of hydrogen-bond donors (Lipinski definition) is 2. The second kappa shape index (κ2) is 7.32. The molecule has 0 aromatic heterocycles. The molecule has 0 saturated carbocycles. The van der Waals surface area contributed by atoms with Gasteiger partial charge in [0.05, 0.1) is 17.2 Å². The van der Waals surface area contributed by atoms with Crippen LogP contribution in [0.15, 0.2) is 12.1 Å². The van der Waals surface area contributed by atoms with Gasteiger partial charge in [-0.15, -0.1) is 0 Å². The zero-order valence-electron chi connectivity index (χ0n) is 12.1. The molecule has 1 amide bonds. The minimum atomic E-state index is -2.32. The van der Waals surface area contributed by atoms with Gasteiger partial charge in [0.15, 0.2) is 29.0 Å². The number of ether oxygens (including phenoxy) is 1. The summed E-state index contributed by atoms with van der Waals surface area (Å²) < 4.78 is 70.9. The lowest BCUT2D eigenvalue weighted by molar-refractivity contribution is 0.0962. The lowest BCUT2D eigenvalue weighted by Gasteiger charge is -2.13. The summed E-state index contributed by atoms with van der Waals surface area (Å²) in [6.07, 6.45) is 0. The maximum absolute atomic E-state index is 13.5. The zero-order valence-corrected chi connectivity index (χ0v) is 13.6. The van der Waals surface area contributed by atoms with E-state index in [9.17, 15) is 26.7 Å². The molecule has 0 heterocycles. The van der Waals surface area contributed by atoms with Crippen LogP contribution in [-0.4, -0.2) is 13.0 Å². The largest absolute Gasteiger partial charge is 0.494 e. The van der Waals surface area contributed by atoms with Gasteiger partial charge in [0.1, 0.15) is 5.69 Å². The summed E-state index contributed by atoms with van der Waals surface area (Å²) in [5, 5.41) is -0.0623. The molecule has 4 nitrogen and oxygen atoms in total. The van der Waals surface area contributed by atoms with Crippen LogP contribution in [0.25, 0.3) is 0 Å². The van der Waals surface area contributed by atoms with Gasteiger partial charge in [0, 0.05) is 5.56 Å². The Labute approximate surface area is 147 Å². The molecular weight excluding hydrogens is 394 g/mol. The van der Waals surface area contributed by atoms with Gasteiger partial charge < -0.3 is 4.74 Å². The third kappa shape index (κ3) is 3.57. The summed E-state index contributed by atoms with van der Waals surface area (Å²) >= 11 is 11.7. The number of hydrazine groups is 1. The highest BCUT2D eigenvalue weighted by Gasteiger charge is 2.26. The number of benzene rings is 2. The van der Waals surface area contributed by atoms with Crippen molar-refractivity contribution in [3.05, 3.63) is 56.8 Å². The van der Waals surface area contributed by atoms with Gasteiger partial charge >= 0.3 is 0 Å². The highest BCUT2D eigenvalue weighted by atomic mass is 35.5. The maximum atomic E-state index is 13.5. The van der Waals surface area contributed by atoms with Gasteiger partial charge in [-0.1, -0.05) is 23.2 Å². The van der Waals surface area contributed by atoms with E-state index in [2.05, 4.69) is 0 Å². The van der Waals surface area contributed by atoms with E-state index in [1.54, 1.807) is 10.9 Å². The summed E-state index contributed by atoms with van der Waals surface area (Å²) in [4.78, 5) is 11.9.